The predicted octanol–water partition coefficient (Wildman–Crippen LogP) is 4.90. The minimum Gasteiger partial charge on any atom is -0.505 e. The molecule has 0 saturated carbocycles. The van der Waals surface area contributed by atoms with Crippen LogP contribution in [0.5, 0.6) is 23.0 Å². The van der Waals surface area contributed by atoms with Crippen LogP contribution < -0.4 is 19.2 Å². The molecule has 0 aromatic heterocycles. The molecule has 0 spiro atoms. The van der Waals surface area contributed by atoms with Crippen molar-refractivity contribution in [3.05, 3.63) is 78.4 Å². The number of aliphatic hydroxyl groups is 2. The summed E-state index contributed by atoms with van der Waals surface area (Å²) in [6.07, 6.45) is -0.892. The van der Waals surface area contributed by atoms with E-state index in [1.807, 2.05) is 0 Å². The molecule has 1 atom stereocenters. The molecule has 28 nitrogen and oxygen atoms in total. The monoisotopic (exact) mass is 1030 g/mol. The van der Waals surface area contributed by atoms with Crippen LogP contribution in [0.15, 0.2) is 123 Å². The molecule has 0 radical (unpaired) electrons. The maximum absolute atomic E-state index is 13.5. The molecular formula is C39H34N8O20S3. The number of hydrogen-bond acceptors (Lipinski definition) is 22. The van der Waals surface area contributed by atoms with Crippen molar-refractivity contribution in [1.29, 1.82) is 0 Å². The van der Waals surface area contributed by atoms with Gasteiger partial charge in [0.1, 0.15) is 73.6 Å². The standard InChI is InChI=1S/C39H34N8O20S3/c1-65-21-6-8-24(31(14-21)68(56,57)58)40-42-26-16-30(67-13-11-49)27(17-29(26)66-12-10-48)43-45-35-32(69(59,60)61)15-23-22(36(35)52)7-9-25(37(23)70(62,63)64)41-44-34-28(18-33(50)51)46-47(38(34)53)20-4-2-19(3-5-20)39(54)55/h2-9,14-17,34,48-49,52H,10-13,18H2,1H3,(H,50,51)(H,54,55)(H,56,57,58)(H,59,60,61)(H,62,63,64). The van der Waals surface area contributed by atoms with Gasteiger partial charge >= 0.3 is 11.9 Å². The second kappa shape index (κ2) is 20.8. The van der Waals surface area contributed by atoms with Crippen molar-refractivity contribution in [2.24, 2.45) is 35.8 Å². The Hall–Kier alpha value is -7.91. The molecule has 5 aromatic rings. The third kappa shape index (κ3) is 11.5. The second-order valence-electron chi connectivity index (χ2n) is 14.0. The van der Waals surface area contributed by atoms with E-state index in [9.17, 15) is 78.8 Å². The third-order valence-electron chi connectivity index (χ3n) is 9.36. The summed E-state index contributed by atoms with van der Waals surface area (Å²) in [7, 11) is -14.7. The Bertz CT molecular complexity index is 3400. The van der Waals surface area contributed by atoms with Gasteiger partial charge in [0, 0.05) is 29.0 Å². The van der Waals surface area contributed by atoms with Crippen LogP contribution in [0, 0.1) is 0 Å². The average Bonchev–Trinajstić information content (AvgIpc) is 3.60. The molecule has 0 bridgehead atoms. The van der Waals surface area contributed by atoms with Crippen LogP contribution in [0.25, 0.3) is 10.8 Å². The fourth-order valence-corrected chi connectivity index (χ4v) is 8.43. The van der Waals surface area contributed by atoms with Crippen LogP contribution in [0.1, 0.15) is 16.8 Å². The Kier molecular flexibility index (Phi) is 15.3. The first-order valence-electron chi connectivity index (χ1n) is 19.3. The Morgan fingerprint density at radius 3 is 1.79 bits per heavy atom. The fraction of sp³-hybridized carbons (Fsp3) is 0.179. The zero-order chi connectivity index (χ0) is 51.3. The van der Waals surface area contributed by atoms with E-state index in [1.54, 1.807) is 0 Å². The minimum atomic E-state index is -5.53. The number of hydrogen-bond donors (Lipinski definition) is 8. The zero-order valence-corrected chi connectivity index (χ0v) is 37.8. The van der Waals surface area contributed by atoms with Crippen LogP contribution in [0.2, 0.25) is 0 Å². The fourth-order valence-electron chi connectivity index (χ4n) is 6.33. The topological polar surface area (TPSA) is 433 Å². The predicted molar refractivity (Wildman–Crippen MR) is 237 cm³/mol. The van der Waals surface area contributed by atoms with Crippen LogP contribution in [0.4, 0.5) is 34.1 Å². The SMILES string of the molecule is COc1ccc(N=Nc2cc(OCCO)c(N=Nc3c(S(=O)(=O)O)cc4c(S(=O)(=O)O)c(N=NC5C(=O)N(c6ccc(C(=O)O)cc6)N=C5CC(=O)O)ccc4c3O)cc2OCCO)c(S(=O)(=O)O)c1. The quantitative estimate of drug-likeness (QED) is 0.0380. The average molecular weight is 1030 g/mol. The number of hydrazone groups is 1. The number of methoxy groups -OCH3 is 1. The number of fused-ring (bicyclic) bond motifs is 1. The Balaban J connectivity index is 1.46. The van der Waals surface area contributed by atoms with Crippen molar-refractivity contribution < 1.29 is 93.0 Å². The number of amides is 1. The summed E-state index contributed by atoms with van der Waals surface area (Å²) < 4.78 is 123. The van der Waals surface area contributed by atoms with E-state index in [1.165, 1.54) is 25.3 Å². The molecule has 1 aliphatic rings. The number of nitrogens with zero attached hydrogens (tertiary/aromatic N) is 8. The molecule has 1 unspecified atom stereocenters. The summed E-state index contributed by atoms with van der Waals surface area (Å²) in [6.45, 7) is -1.99. The highest BCUT2D eigenvalue weighted by molar-refractivity contribution is 7.86. The number of azo groups is 3. The molecule has 6 rings (SSSR count). The number of aliphatic hydroxyl groups excluding tert-OH is 2. The number of anilines is 1. The van der Waals surface area contributed by atoms with E-state index >= 15 is 0 Å². The lowest BCUT2D eigenvalue weighted by Crippen LogP contribution is -2.31. The van der Waals surface area contributed by atoms with Crippen LogP contribution in [0.3, 0.4) is 0 Å². The highest BCUT2D eigenvalue weighted by atomic mass is 32.2. The molecule has 70 heavy (non-hydrogen) atoms. The Morgan fingerprint density at radius 2 is 1.26 bits per heavy atom. The third-order valence-corrected chi connectivity index (χ3v) is 12.1. The molecule has 1 heterocycles. The highest BCUT2D eigenvalue weighted by Crippen LogP contribution is 2.47. The van der Waals surface area contributed by atoms with Gasteiger partial charge in [0.05, 0.1) is 43.7 Å². The summed E-state index contributed by atoms with van der Waals surface area (Å²) in [6, 6.07) is 10.6. The number of aromatic carboxylic acids is 1. The number of carboxylic acids is 2. The molecule has 31 heteroatoms. The number of carbonyl (C=O) groups is 3. The summed E-state index contributed by atoms with van der Waals surface area (Å²) in [4.78, 5) is 33.2. The summed E-state index contributed by atoms with van der Waals surface area (Å²) in [5.74, 6) is -5.53. The minimum absolute atomic E-state index is 0.0196. The number of aliphatic carboxylic acids is 1. The van der Waals surface area contributed by atoms with Gasteiger partial charge in [0.15, 0.2) is 11.8 Å². The van der Waals surface area contributed by atoms with Gasteiger partial charge in [-0.05, 0) is 54.6 Å². The van der Waals surface area contributed by atoms with Gasteiger partial charge in [0.25, 0.3) is 36.3 Å². The normalized spacial score (nSPS) is 14.5. The molecular weight excluding hydrogens is 997 g/mol. The molecule has 5 aromatic carbocycles. The van der Waals surface area contributed by atoms with E-state index in [0.717, 1.165) is 48.5 Å². The first kappa shape index (κ1) is 51.5. The van der Waals surface area contributed by atoms with Gasteiger partial charge in [-0.3, -0.25) is 23.2 Å². The molecule has 0 aliphatic carbocycles. The van der Waals surface area contributed by atoms with Crippen LogP contribution in [-0.2, 0) is 39.9 Å². The van der Waals surface area contributed by atoms with E-state index in [4.69, 9.17) is 14.2 Å². The maximum atomic E-state index is 13.5. The highest BCUT2D eigenvalue weighted by Gasteiger charge is 2.38. The summed E-state index contributed by atoms with van der Waals surface area (Å²) in [5.41, 5.74) is -3.47. The maximum Gasteiger partial charge on any atom is 0.335 e. The van der Waals surface area contributed by atoms with Gasteiger partial charge in [0.2, 0.25) is 0 Å². The van der Waals surface area contributed by atoms with E-state index in [-0.39, 0.29) is 45.6 Å². The first-order valence-corrected chi connectivity index (χ1v) is 23.6. The van der Waals surface area contributed by atoms with Crippen molar-refractivity contribution in [1.82, 2.24) is 0 Å². The van der Waals surface area contributed by atoms with Gasteiger partial charge in [-0.25, -0.2) is 4.79 Å². The Labute approximate surface area is 393 Å². The van der Waals surface area contributed by atoms with E-state index in [2.05, 4.69) is 35.8 Å². The van der Waals surface area contributed by atoms with Crippen molar-refractivity contribution in [2.45, 2.75) is 27.1 Å². The van der Waals surface area contributed by atoms with Gasteiger partial charge in [-0.15, -0.1) is 20.5 Å². The largest absolute Gasteiger partial charge is 0.505 e. The van der Waals surface area contributed by atoms with Gasteiger partial charge < -0.3 is 39.7 Å². The molecule has 368 valence electrons. The second-order valence-corrected chi connectivity index (χ2v) is 18.1. The zero-order valence-electron chi connectivity index (χ0n) is 35.3. The van der Waals surface area contributed by atoms with E-state index in [0.29, 0.717) is 11.1 Å². The number of carboxylic acid groups (broad SMARTS) is 2. The summed E-state index contributed by atoms with van der Waals surface area (Å²) in [5, 5.41) is 75.6. The van der Waals surface area contributed by atoms with Crippen LogP contribution >= 0.6 is 0 Å². The van der Waals surface area contributed by atoms with E-state index < -0.39 is 135 Å². The lowest BCUT2D eigenvalue weighted by atomic mass is 10.1. The lowest BCUT2D eigenvalue weighted by molar-refractivity contribution is -0.135. The van der Waals surface area contributed by atoms with Crippen molar-refractivity contribution >= 4 is 98.8 Å². The van der Waals surface area contributed by atoms with Crippen molar-refractivity contribution in [3.63, 3.8) is 0 Å². The molecule has 0 fully saturated rings. The number of phenolic OH excluding ortho intramolecular Hbond substituents is 1. The van der Waals surface area contributed by atoms with Gasteiger partial charge in [-0.1, -0.05) is 0 Å². The van der Waals surface area contributed by atoms with Crippen LogP contribution in [-0.4, -0.2) is 128 Å². The molecule has 8 N–H and O–H groups in total. The van der Waals surface area contributed by atoms with Gasteiger partial charge in [-0.2, -0.15) is 45.6 Å². The molecule has 1 amide bonds. The smallest absolute Gasteiger partial charge is 0.335 e. The number of benzene rings is 5. The first-order chi connectivity index (χ1) is 33.0. The number of ether oxygens (including phenoxy) is 3. The molecule has 0 saturated heterocycles. The summed E-state index contributed by atoms with van der Waals surface area (Å²) >= 11 is 0. The number of aromatic hydroxyl groups is 1. The van der Waals surface area contributed by atoms with Crippen molar-refractivity contribution in [3.8, 4) is 23.0 Å². The lowest BCUT2D eigenvalue weighted by Gasteiger charge is -2.14. The number of rotatable bonds is 20. The van der Waals surface area contributed by atoms with Crippen molar-refractivity contribution in [2.75, 3.05) is 38.5 Å². The number of carbonyl (C=O) groups excluding carboxylic acids is 1. The Morgan fingerprint density at radius 1 is 0.686 bits per heavy atom. The number of phenols is 1. The molecule has 1 aliphatic heterocycles.